The van der Waals surface area contributed by atoms with E-state index in [1.54, 1.807) is 0 Å². The molecule has 0 saturated heterocycles. The fourth-order valence-corrected chi connectivity index (χ4v) is 2.27. The quantitative estimate of drug-likeness (QED) is 0.584. The summed E-state index contributed by atoms with van der Waals surface area (Å²) < 4.78 is 2.22. The molecule has 16 heavy (non-hydrogen) atoms. The Kier molecular flexibility index (Phi) is 3.67. The highest BCUT2D eigenvalue weighted by Crippen LogP contribution is 2.17. The van der Waals surface area contributed by atoms with Crippen molar-refractivity contribution < 1.29 is 4.79 Å². The van der Waals surface area contributed by atoms with Crippen LogP contribution >= 0.6 is 11.8 Å². The SMILES string of the molecule is CSCCCn1ccc2ccc(C=O)cc21. The Bertz CT molecular complexity index is 490. The normalized spacial score (nSPS) is 10.8. The smallest absolute Gasteiger partial charge is 0.150 e. The predicted octanol–water partition coefficient (Wildman–Crippen LogP) is 3.21. The zero-order valence-corrected chi connectivity index (χ0v) is 10.2. The molecule has 2 rings (SSSR count). The molecule has 2 nitrogen and oxygen atoms in total. The van der Waals surface area contributed by atoms with Crippen molar-refractivity contribution in [1.82, 2.24) is 4.57 Å². The maximum Gasteiger partial charge on any atom is 0.150 e. The van der Waals surface area contributed by atoms with E-state index in [2.05, 4.69) is 23.1 Å². The molecule has 0 aliphatic carbocycles. The summed E-state index contributed by atoms with van der Waals surface area (Å²) in [5.74, 6) is 1.17. The first kappa shape index (κ1) is 11.3. The lowest BCUT2D eigenvalue weighted by atomic mass is 10.2. The number of hydrogen-bond donors (Lipinski definition) is 0. The fraction of sp³-hybridized carbons (Fsp3) is 0.308. The van der Waals surface area contributed by atoms with E-state index < -0.39 is 0 Å². The third kappa shape index (κ3) is 2.30. The highest BCUT2D eigenvalue weighted by atomic mass is 32.2. The van der Waals surface area contributed by atoms with Crippen molar-refractivity contribution in [2.24, 2.45) is 0 Å². The molecule has 0 bridgehead atoms. The van der Waals surface area contributed by atoms with Crippen molar-refractivity contribution in [3.63, 3.8) is 0 Å². The molecule has 3 heteroatoms. The molecular formula is C13H15NOS. The van der Waals surface area contributed by atoms with Crippen molar-refractivity contribution in [2.75, 3.05) is 12.0 Å². The van der Waals surface area contributed by atoms with Gasteiger partial charge in [0.05, 0.1) is 0 Å². The molecule has 0 spiro atoms. The van der Waals surface area contributed by atoms with Crippen LogP contribution in [0.1, 0.15) is 16.8 Å². The van der Waals surface area contributed by atoms with E-state index in [-0.39, 0.29) is 0 Å². The number of nitrogens with zero attached hydrogens (tertiary/aromatic N) is 1. The summed E-state index contributed by atoms with van der Waals surface area (Å²) in [5.41, 5.74) is 1.91. The Labute approximate surface area is 99.6 Å². The molecular weight excluding hydrogens is 218 g/mol. The summed E-state index contributed by atoms with van der Waals surface area (Å²) in [5, 5.41) is 1.20. The zero-order valence-electron chi connectivity index (χ0n) is 9.35. The average molecular weight is 233 g/mol. The van der Waals surface area contributed by atoms with E-state index >= 15 is 0 Å². The van der Waals surface area contributed by atoms with Crippen LogP contribution in [0.15, 0.2) is 30.5 Å². The third-order valence-electron chi connectivity index (χ3n) is 2.68. The summed E-state index contributed by atoms with van der Waals surface area (Å²) in [6.45, 7) is 1.02. The number of hydrogen-bond acceptors (Lipinski definition) is 2. The van der Waals surface area contributed by atoms with Gasteiger partial charge in [-0.25, -0.2) is 0 Å². The minimum Gasteiger partial charge on any atom is -0.347 e. The number of aryl methyl sites for hydroxylation is 1. The van der Waals surface area contributed by atoms with Gasteiger partial charge in [0.25, 0.3) is 0 Å². The van der Waals surface area contributed by atoms with Crippen molar-refractivity contribution in [1.29, 1.82) is 0 Å². The Morgan fingerprint density at radius 3 is 3.00 bits per heavy atom. The summed E-state index contributed by atoms with van der Waals surface area (Å²) in [7, 11) is 0. The van der Waals surface area contributed by atoms with E-state index in [1.165, 1.54) is 11.1 Å². The van der Waals surface area contributed by atoms with Gasteiger partial charge in [0.1, 0.15) is 6.29 Å². The molecule has 2 aromatic rings. The maximum atomic E-state index is 10.7. The van der Waals surface area contributed by atoms with Gasteiger partial charge < -0.3 is 4.57 Å². The number of aldehydes is 1. The first-order chi connectivity index (χ1) is 7.85. The van der Waals surface area contributed by atoms with Gasteiger partial charge in [0.2, 0.25) is 0 Å². The number of rotatable bonds is 5. The zero-order chi connectivity index (χ0) is 11.4. The van der Waals surface area contributed by atoms with Crippen molar-refractivity contribution in [3.8, 4) is 0 Å². The molecule has 0 unspecified atom stereocenters. The predicted molar refractivity (Wildman–Crippen MR) is 70.3 cm³/mol. The van der Waals surface area contributed by atoms with E-state index in [0.717, 1.165) is 30.3 Å². The summed E-state index contributed by atoms with van der Waals surface area (Å²) in [6.07, 6.45) is 6.28. The van der Waals surface area contributed by atoms with Gasteiger partial charge >= 0.3 is 0 Å². The molecule has 0 amide bonds. The Morgan fingerprint density at radius 1 is 1.38 bits per heavy atom. The fourth-order valence-electron chi connectivity index (χ4n) is 1.85. The van der Waals surface area contributed by atoms with Crippen LogP contribution in [0.4, 0.5) is 0 Å². The molecule has 0 fully saturated rings. The molecule has 0 radical (unpaired) electrons. The van der Waals surface area contributed by atoms with Gasteiger partial charge in [-0.05, 0) is 35.9 Å². The molecule has 0 aliphatic heterocycles. The second kappa shape index (κ2) is 5.21. The van der Waals surface area contributed by atoms with Gasteiger partial charge in [-0.15, -0.1) is 0 Å². The van der Waals surface area contributed by atoms with Crippen LogP contribution in [0.3, 0.4) is 0 Å². The first-order valence-electron chi connectivity index (χ1n) is 5.38. The molecule has 1 aromatic heterocycles. The van der Waals surface area contributed by atoms with Crippen LogP contribution in [-0.4, -0.2) is 22.9 Å². The average Bonchev–Trinajstić information content (AvgIpc) is 2.72. The van der Waals surface area contributed by atoms with Crippen LogP contribution in [-0.2, 0) is 6.54 Å². The lowest BCUT2D eigenvalue weighted by Gasteiger charge is -2.04. The van der Waals surface area contributed by atoms with Crippen molar-refractivity contribution >= 4 is 29.0 Å². The van der Waals surface area contributed by atoms with Gasteiger partial charge in [-0.2, -0.15) is 11.8 Å². The third-order valence-corrected chi connectivity index (χ3v) is 3.38. The van der Waals surface area contributed by atoms with Crippen LogP contribution in [0.25, 0.3) is 10.9 Å². The number of aromatic nitrogens is 1. The van der Waals surface area contributed by atoms with E-state index in [9.17, 15) is 4.79 Å². The highest BCUT2D eigenvalue weighted by molar-refractivity contribution is 7.98. The molecule has 0 aliphatic rings. The Hall–Kier alpha value is -1.22. The minimum absolute atomic E-state index is 0.748. The molecule has 0 saturated carbocycles. The van der Waals surface area contributed by atoms with E-state index in [1.807, 2.05) is 30.0 Å². The standard InChI is InChI=1S/C13H15NOS/c1-16-8-2-6-14-7-5-12-4-3-11(10-15)9-13(12)14/h3-5,7,9-10H,2,6,8H2,1H3. The molecule has 0 N–H and O–H groups in total. The van der Waals surface area contributed by atoms with Crippen LogP contribution in [0, 0.1) is 0 Å². The number of thioether (sulfide) groups is 1. The maximum absolute atomic E-state index is 10.7. The van der Waals surface area contributed by atoms with E-state index in [4.69, 9.17) is 0 Å². The second-order valence-corrected chi connectivity index (χ2v) is 4.78. The molecule has 84 valence electrons. The largest absolute Gasteiger partial charge is 0.347 e. The number of fused-ring (bicyclic) bond motifs is 1. The highest BCUT2D eigenvalue weighted by Gasteiger charge is 2.01. The van der Waals surface area contributed by atoms with Gasteiger partial charge in [-0.3, -0.25) is 4.79 Å². The Balaban J connectivity index is 2.27. The summed E-state index contributed by atoms with van der Waals surface area (Å²) in [4.78, 5) is 10.7. The molecule has 1 aromatic carbocycles. The topological polar surface area (TPSA) is 22.0 Å². The first-order valence-corrected chi connectivity index (χ1v) is 6.77. The summed E-state index contributed by atoms with van der Waals surface area (Å²) in [6, 6.07) is 7.93. The van der Waals surface area contributed by atoms with Gasteiger partial charge in [-0.1, -0.05) is 12.1 Å². The van der Waals surface area contributed by atoms with Crippen LogP contribution in [0.2, 0.25) is 0 Å². The number of carbonyl (C=O) groups excluding carboxylic acids is 1. The molecule has 1 heterocycles. The molecule has 0 atom stereocenters. The van der Waals surface area contributed by atoms with Crippen LogP contribution in [0.5, 0.6) is 0 Å². The lowest BCUT2D eigenvalue weighted by Crippen LogP contribution is -1.97. The lowest BCUT2D eigenvalue weighted by molar-refractivity contribution is 0.112. The Morgan fingerprint density at radius 2 is 2.25 bits per heavy atom. The minimum atomic E-state index is 0.748. The second-order valence-electron chi connectivity index (χ2n) is 3.79. The monoisotopic (exact) mass is 233 g/mol. The van der Waals surface area contributed by atoms with Gasteiger partial charge in [0, 0.05) is 23.8 Å². The number of carbonyl (C=O) groups is 1. The van der Waals surface area contributed by atoms with Crippen molar-refractivity contribution in [2.45, 2.75) is 13.0 Å². The van der Waals surface area contributed by atoms with Crippen LogP contribution < -0.4 is 0 Å². The van der Waals surface area contributed by atoms with Crippen molar-refractivity contribution in [3.05, 3.63) is 36.0 Å². The summed E-state index contributed by atoms with van der Waals surface area (Å²) >= 11 is 1.87. The number of benzene rings is 1. The van der Waals surface area contributed by atoms with Gasteiger partial charge in [0.15, 0.2) is 0 Å². The van der Waals surface area contributed by atoms with E-state index in [0.29, 0.717) is 0 Å².